The van der Waals surface area contributed by atoms with Gasteiger partial charge in [0.2, 0.25) is 0 Å². The topological polar surface area (TPSA) is 90.0 Å². The number of hydrogen-bond donors (Lipinski definition) is 0. The van der Waals surface area contributed by atoms with Crippen LogP contribution in [0.15, 0.2) is 0 Å². The second-order valence-corrected chi connectivity index (χ2v) is 3.67. The van der Waals surface area contributed by atoms with Crippen molar-refractivity contribution in [3.63, 3.8) is 0 Å². The number of rotatable bonds is 4. The van der Waals surface area contributed by atoms with Crippen LogP contribution in [0.2, 0.25) is 0 Å². The van der Waals surface area contributed by atoms with E-state index in [0.29, 0.717) is 5.06 Å². The molecular formula is C10H13NO6. The van der Waals surface area contributed by atoms with Crippen molar-refractivity contribution in [2.75, 3.05) is 0 Å². The first-order chi connectivity index (χ1) is 7.90. The number of nitrogens with zero attached hydrogens (tertiary/aromatic N) is 1. The van der Waals surface area contributed by atoms with Crippen LogP contribution in [0, 0.1) is 0 Å². The quantitative estimate of drug-likeness (QED) is 0.507. The number of esters is 1. The van der Waals surface area contributed by atoms with E-state index in [2.05, 4.69) is 4.84 Å². The zero-order chi connectivity index (χ0) is 13.0. The van der Waals surface area contributed by atoms with Crippen LogP contribution in [0.25, 0.3) is 0 Å². The molecule has 1 fully saturated rings. The molecule has 0 radical (unpaired) electrons. The fourth-order valence-corrected chi connectivity index (χ4v) is 1.36. The second-order valence-electron chi connectivity index (χ2n) is 3.67. The van der Waals surface area contributed by atoms with Crippen LogP contribution in [0.3, 0.4) is 0 Å². The van der Waals surface area contributed by atoms with Crippen molar-refractivity contribution in [3.8, 4) is 0 Å². The molecule has 0 N–H and O–H groups in total. The van der Waals surface area contributed by atoms with Crippen LogP contribution in [-0.4, -0.2) is 34.9 Å². The van der Waals surface area contributed by atoms with Gasteiger partial charge in [-0.1, -0.05) is 0 Å². The van der Waals surface area contributed by atoms with Crippen LogP contribution < -0.4 is 0 Å². The highest BCUT2D eigenvalue weighted by atomic mass is 16.7. The Labute approximate surface area is 97.6 Å². The molecule has 0 saturated carbocycles. The molecule has 0 bridgehead atoms. The van der Waals surface area contributed by atoms with Crippen LogP contribution in [0.1, 0.15) is 33.1 Å². The lowest BCUT2D eigenvalue weighted by Gasteiger charge is -2.15. The predicted molar refractivity (Wildman–Crippen MR) is 53.0 cm³/mol. The molecule has 7 nitrogen and oxygen atoms in total. The van der Waals surface area contributed by atoms with Gasteiger partial charge in [0.25, 0.3) is 11.8 Å². The second kappa shape index (κ2) is 5.42. The Morgan fingerprint density at radius 2 is 1.82 bits per heavy atom. The molecule has 1 rings (SSSR count). The largest absolute Gasteiger partial charge is 0.462 e. The van der Waals surface area contributed by atoms with Gasteiger partial charge in [0, 0.05) is 19.8 Å². The van der Waals surface area contributed by atoms with Crippen molar-refractivity contribution in [1.82, 2.24) is 5.06 Å². The van der Waals surface area contributed by atoms with Gasteiger partial charge < -0.3 is 9.57 Å². The Morgan fingerprint density at radius 1 is 1.29 bits per heavy atom. The molecular weight excluding hydrogens is 230 g/mol. The van der Waals surface area contributed by atoms with E-state index in [1.54, 1.807) is 0 Å². The van der Waals surface area contributed by atoms with Gasteiger partial charge in [-0.2, -0.15) is 0 Å². The van der Waals surface area contributed by atoms with Crippen LogP contribution in [0.5, 0.6) is 0 Å². The van der Waals surface area contributed by atoms with Crippen LogP contribution in [-0.2, 0) is 28.8 Å². The Bertz CT molecular complexity index is 348. The maximum absolute atomic E-state index is 11.3. The summed E-state index contributed by atoms with van der Waals surface area (Å²) in [7, 11) is 0. The Hall–Kier alpha value is -1.92. The van der Waals surface area contributed by atoms with Crippen molar-refractivity contribution < 1.29 is 28.8 Å². The fourth-order valence-electron chi connectivity index (χ4n) is 1.36. The molecule has 2 amide bonds. The van der Waals surface area contributed by atoms with Gasteiger partial charge in [-0.25, -0.2) is 4.79 Å². The monoisotopic (exact) mass is 243 g/mol. The normalized spacial score (nSPS) is 16.9. The third kappa shape index (κ3) is 3.86. The van der Waals surface area contributed by atoms with E-state index < -0.39 is 29.9 Å². The first kappa shape index (κ1) is 13.1. The van der Waals surface area contributed by atoms with Gasteiger partial charge >= 0.3 is 11.9 Å². The number of carbonyl (C=O) groups excluding carboxylic acids is 4. The van der Waals surface area contributed by atoms with E-state index in [4.69, 9.17) is 4.74 Å². The summed E-state index contributed by atoms with van der Waals surface area (Å²) >= 11 is 0. The zero-order valence-electron chi connectivity index (χ0n) is 9.60. The molecule has 1 unspecified atom stereocenters. The van der Waals surface area contributed by atoms with E-state index in [0.717, 1.165) is 0 Å². The summed E-state index contributed by atoms with van der Waals surface area (Å²) in [6.45, 7) is 2.73. The summed E-state index contributed by atoms with van der Waals surface area (Å²) in [6.07, 6.45) is -0.777. The average Bonchev–Trinajstić information content (AvgIpc) is 2.47. The zero-order valence-corrected chi connectivity index (χ0v) is 9.60. The molecule has 0 aromatic carbocycles. The Morgan fingerprint density at radius 3 is 2.29 bits per heavy atom. The maximum atomic E-state index is 11.3. The summed E-state index contributed by atoms with van der Waals surface area (Å²) in [4.78, 5) is 48.8. The summed E-state index contributed by atoms with van der Waals surface area (Å²) < 4.78 is 4.71. The third-order valence-corrected chi connectivity index (χ3v) is 2.02. The van der Waals surface area contributed by atoms with E-state index >= 15 is 0 Å². The lowest BCUT2D eigenvalue weighted by Crippen LogP contribution is -2.33. The van der Waals surface area contributed by atoms with Crippen LogP contribution >= 0.6 is 0 Å². The molecule has 17 heavy (non-hydrogen) atoms. The lowest BCUT2D eigenvalue weighted by atomic mass is 10.3. The minimum Gasteiger partial charge on any atom is -0.462 e. The van der Waals surface area contributed by atoms with Gasteiger partial charge in [0.15, 0.2) is 0 Å². The Kier molecular flexibility index (Phi) is 4.19. The number of imide groups is 1. The van der Waals surface area contributed by atoms with Gasteiger partial charge in [-0.05, 0) is 6.92 Å². The summed E-state index contributed by atoms with van der Waals surface area (Å²) in [6, 6.07) is 0. The lowest BCUT2D eigenvalue weighted by molar-refractivity contribution is -0.199. The summed E-state index contributed by atoms with van der Waals surface area (Å²) in [5, 5.41) is 0.461. The molecule has 1 aliphatic rings. The number of amides is 2. The van der Waals surface area contributed by atoms with Gasteiger partial charge in [0.1, 0.15) is 6.10 Å². The molecule has 0 aromatic heterocycles. The molecule has 0 spiro atoms. The molecule has 0 aliphatic carbocycles. The molecule has 1 atom stereocenters. The van der Waals surface area contributed by atoms with Gasteiger partial charge in [-0.15, -0.1) is 5.06 Å². The molecule has 0 aromatic rings. The molecule has 94 valence electrons. The minimum atomic E-state index is -0.789. The highest BCUT2D eigenvalue weighted by Crippen LogP contribution is 2.13. The molecule has 1 saturated heterocycles. The fraction of sp³-hybridized carbons (Fsp3) is 0.600. The molecule has 1 aliphatic heterocycles. The first-order valence-corrected chi connectivity index (χ1v) is 5.14. The molecule has 7 heteroatoms. The SMILES string of the molecule is CC(=O)OC(C)CC(=O)ON1C(=O)CCC1=O. The van der Waals surface area contributed by atoms with E-state index in [1.165, 1.54) is 13.8 Å². The first-order valence-electron chi connectivity index (χ1n) is 5.14. The highest BCUT2D eigenvalue weighted by molar-refractivity contribution is 6.01. The third-order valence-electron chi connectivity index (χ3n) is 2.02. The number of hydrogen-bond acceptors (Lipinski definition) is 6. The van der Waals surface area contributed by atoms with Crippen molar-refractivity contribution in [2.24, 2.45) is 0 Å². The van der Waals surface area contributed by atoms with Crippen molar-refractivity contribution in [3.05, 3.63) is 0 Å². The standard InChI is InChI=1S/C10H13NO6/c1-6(16-7(2)12)5-10(15)17-11-8(13)3-4-9(11)14/h6H,3-5H2,1-2H3. The van der Waals surface area contributed by atoms with Crippen molar-refractivity contribution >= 4 is 23.8 Å². The van der Waals surface area contributed by atoms with Crippen LogP contribution in [0.4, 0.5) is 0 Å². The van der Waals surface area contributed by atoms with E-state index in [1.807, 2.05) is 0 Å². The number of ether oxygens (including phenoxy) is 1. The summed E-state index contributed by atoms with van der Waals surface area (Å²) in [5.74, 6) is -2.38. The Balaban J connectivity index is 2.41. The highest BCUT2D eigenvalue weighted by Gasteiger charge is 2.33. The van der Waals surface area contributed by atoms with E-state index in [-0.39, 0.29) is 19.3 Å². The number of carbonyl (C=O) groups is 4. The maximum Gasteiger partial charge on any atom is 0.336 e. The number of hydroxylamine groups is 2. The molecule has 1 heterocycles. The average molecular weight is 243 g/mol. The predicted octanol–water partition coefficient (Wildman–Crippen LogP) is -0.0647. The minimum absolute atomic E-state index is 0.0472. The summed E-state index contributed by atoms with van der Waals surface area (Å²) in [5.41, 5.74) is 0. The van der Waals surface area contributed by atoms with Crippen molar-refractivity contribution in [1.29, 1.82) is 0 Å². The van der Waals surface area contributed by atoms with Crippen molar-refractivity contribution in [2.45, 2.75) is 39.2 Å². The van der Waals surface area contributed by atoms with Gasteiger partial charge in [0.05, 0.1) is 6.42 Å². The van der Waals surface area contributed by atoms with E-state index in [9.17, 15) is 19.2 Å². The smallest absolute Gasteiger partial charge is 0.336 e. The van der Waals surface area contributed by atoms with Gasteiger partial charge in [-0.3, -0.25) is 14.4 Å².